The Hall–Kier alpha value is -2.19. The predicted molar refractivity (Wildman–Crippen MR) is 118 cm³/mol. The molecule has 0 bridgehead atoms. The van der Waals surface area contributed by atoms with Crippen LogP contribution in [0.3, 0.4) is 0 Å². The summed E-state index contributed by atoms with van der Waals surface area (Å²) in [6.07, 6.45) is 8.36. The average Bonchev–Trinajstić information content (AvgIpc) is 3.30. The fourth-order valence-corrected chi connectivity index (χ4v) is 5.50. The van der Waals surface area contributed by atoms with Crippen molar-refractivity contribution in [2.45, 2.75) is 69.8 Å². The lowest BCUT2D eigenvalue weighted by atomic mass is 9.97. The normalized spacial score (nSPS) is 18.3. The van der Waals surface area contributed by atoms with Gasteiger partial charge in [0, 0.05) is 19.6 Å². The maximum atomic E-state index is 12.8. The van der Waals surface area contributed by atoms with Crippen LogP contribution in [-0.4, -0.2) is 50.3 Å². The van der Waals surface area contributed by atoms with Crippen molar-refractivity contribution in [1.82, 2.24) is 9.62 Å². The number of carbonyl (C=O) groups is 2. The van der Waals surface area contributed by atoms with Gasteiger partial charge in [-0.05, 0) is 76.5 Å². The van der Waals surface area contributed by atoms with E-state index in [0.29, 0.717) is 25.2 Å². The Bertz CT molecular complexity index is 949. The number of ether oxygens (including phenoxy) is 1. The number of esters is 1. The zero-order valence-electron chi connectivity index (χ0n) is 18.4. The smallest absolute Gasteiger partial charge is 0.339 e. The molecule has 0 saturated carbocycles. The molecule has 1 heterocycles. The average molecular weight is 449 g/mol. The van der Waals surface area contributed by atoms with Crippen LogP contribution in [0.4, 0.5) is 0 Å². The standard InChI is InChI=1S/C23H32N2O5S/c1-17-10-11-20(31(28,29)25-14-6-7-15-25)16-21(17)23(27)30-18(2)22(26)24-13-12-19-8-4-3-5-9-19/h8,10-11,16,18H,3-7,9,12-15H2,1-2H3,(H,24,26)/t18-/m1/s1. The highest BCUT2D eigenvalue weighted by Crippen LogP contribution is 2.24. The molecule has 1 atom stereocenters. The van der Waals surface area contributed by atoms with Crippen LogP contribution in [0.1, 0.15) is 67.8 Å². The first-order valence-electron chi connectivity index (χ1n) is 11.1. The summed E-state index contributed by atoms with van der Waals surface area (Å²) in [4.78, 5) is 25.1. The zero-order chi connectivity index (χ0) is 22.4. The summed E-state index contributed by atoms with van der Waals surface area (Å²) in [6.45, 7) is 4.72. The van der Waals surface area contributed by atoms with Crippen LogP contribution in [0.5, 0.6) is 0 Å². The molecule has 1 fully saturated rings. The molecule has 8 heteroatoms. The molecule has 7 nitrogen and oxygen atoms in total. The van der Waals surface area contributed by atoms with Crippen molar-refractivity contribution in [3.8, 4) is 0 Å². The van der Waals surface area contributed by atoms with Crippen LogP contribution in [0.25, 0.3) is 0 Å². The number of aryl methyl sites for hydroxylation is 1. The van der Waals surface area contributed by atoms with E-state index in [4.69, 9.17) is 4.74 Å². The fraction of sp³-hybridized carbons (Fsp3) is 0.565. The maximum Gasteiger partial charge on any atom is 0.339 e. The topological polar surface area (TPSA) is 92.8 Å². The molecule has 1 aliphatic heterocycles. The van der Waals surface area contributed by atoms with Gasteiger partial charge in [-0.2, -0.15) is 4.31 Å². The van der Waals surface area contributed by atoms with Gasteiger partial charge in [-0.1, -0.05) is 17.7 Å². The molecule has 1 N–H and O–H groups in total. The molecule has 1 aliphatic carbocycles. The van der Waals surface area contributed by atoms with Crippen LogP contribution in [0, 0.1) is 6.92 Å². The van der Waals surface area contributed by atoms with Crippen molar-refractivity contribution in [2.75, 3.05) is 19.6 Å². The number of benzene rings is 1. The Balaban J connectivity index is 1.60. The van der Waals surface area contributed by atoms with Gasteiger partial charge in [-0.3, -0.25) is 4.79 Å². The summed E-state index contributed by atoms with van der Waals surface area (Å²) in [5.74, 6) is -1.06. The first kappa shape index (κ1) is 23.5. The number of sulfonamides is 1. The highest BCUT2D eigenvalue weighted by molar-refractivity contribution is 7.89. The number of nitrogens with one attached hydrogen (secondary N) is 1. The molecular formula is C23H32N2O5S. The number of amides is 1. The lowest BCUT2D eigenvalue weighted by Gasteiger charge is -2.18. The van der Waals surface area contributed by atoms with E-state index >= 15 is 0 Å². The molecule has 31 heavy (non-hydrogen) atoms. The van der Waals surface area contributed by atoms with E-state index < -0.39 is 22.1 Å². The Morgan fingerprint density at radius 2 is 1.90 bits per heavy atom. The monoisotopic (exact) mass is 448 g/mol. The first-order valence-corrected chi connectivity index (χ1v) is 12.5. The Kier molecular flexibility index (Phi) is 7.89. The molecule has 3 rings (SSSR count). The molecular weight excluding hydrogens is 416 g/mol. The van der Waals surface area contributed by atoms with E-state index in [1.165, 1.54) is 41.8 Å². The Labute approximate surface area is 184 Å². The predicted octanol–water partition coefficient (Wildman–Crippen LogP) is 3.33. The molecule has 1 amide bonds. The summed E-state index contributed by atoms with van der Waals surface area (Å²) < 4.78 is 32.4. The first-order chi connectivity index (χ1) is 14.8. The summed E-state index contributed by atoms with van der Waals surface area (Å²) in [6, 6.07) is 4.46. The van der Waals surface area contributed by atoms with Crippen LogP contribution >= 0.6 is 0 Å². The van der Waals surface area contributed by atoms with Crippen LogP contribution in [0.2, 0.25) is 0 Å². The van der Waals surface area contributed by atoms with E-state index in [1.807, 2.05) is 0 Å². The second-order valence-electron chi connectivity index (χ2n) is 8.28. The third-order valence-corrected chi connectivity index (χ3v) is 7.81. The molecule has 1 saturated heterocycles. The molecule has 1 aromatic rings. The highest BCUT2D eigenvalue weighted by atomic mass is 32.2. The van der Waals surface area contributed by atoms with E-state index in [9.17, 15) is 18.0 Å². The van der Waals surface area contributed by atoms with Crippen LogP contribution < -0.4 is 5.32 Å². The van der Waals surface area contributed by atoms with Gasteiger partial charge < -0.3 is 10.1 Å². The molecule has 0 unspecified atom stereocenters. The van der Waals surface area contributed by atoms with Crippen molar-refractivity contribution in [2.24, 2.45) is 0 Å². The zero-order valence-corrected chi connectivity index (χ0v) is 19.2. The van der Waals surface area contributed by atoms with Gasteiger partial charge >= 0.3 is 5.97 Å². The molecule has 2 aliphatic rings. The highest BCUT2D eigenvalue weighted by Gasteiger charge is 2.29. The van der Waals surface area contributed by atoms with Gasteiger partial charge in [0.25, 0.3) is 5.91 Å². The van der Waals surface area contributed by atoms with Crippen molar-refractivity contribution in [3.05, 3.63) is 41.0 Å². The minimum atomic E-state index is -3.64. The number of hydrogen-bond acceptors (Lipinski definition) is 5. The second-order valence-corrected chi connectivity index (χ2v) is 10.2. The van der Waals surface area contributed by atoms with Crippen molar-refractivity contribution in [1.29, 1.82) is 0 Å². The lowest BCUT2D eigenvalue weighted by molar-refractivity contribution is -0.129. The minimum absolute atomic E-state index is 0.0739. The van der Waals surface area contributed by atoms with Crippen LogP contribution in [0.15, 0.2) is 34.7 Å². The molecule has 1 aromatic carbocycles. The minimum Gasteiger partial charge on any atom is -0.449 e. The fourth-order valence-electron chi connectivity index (χ4n) is 3.96. The third-order valence-electron chi connectivity index (χ3n) is 5.92. The van der Waals surface area contributed by atoms with Gasteiger partial charge in [-0.15, -0.1) is 0 Å². The van der Waals surface area contributed by atoms with E-state index in [-0.39, 0.29) is 16.4 Å². The van der Waals surface area contributed by atoms with E-state index in [0.717, 1.165) is 32.1 Å². The number of carbonyl (C=O) groups excluding carboxylic acids is 2. The Morgan fingerprint density at radius 1 is 1.16 bits per heavy atom. The number of rotatable bonds is 8. The quantitative estimate of drug-likeness (QED) is 0.486. The Morgan fingerprint density at radius 3 is 2.58 bits per heavy atom. The van der Waals surface area contributed by atoms with Gasteiger partial charge in [0.1, 0.15) is 0 Å². The van der Waals surface area contributed by atoms with Gasteiger partial charge in [-0.25, -0.2) is 13.2 Å². The molecule has 0 aromatic heterocycles. The molecule has 170 valence electrons. The lowest BCUT2D eigenvalue weighted by Crippen LogP contribution is -2.36. The van der Waals surface area contributed by atoms with Gasteiger partial charge in [0.2, 0.25) is 10.0 Å². The largest absolute Gasteiger partial charge is 0.449 e. The van der Waals surface area contributed by atoms with E-state index in [1.54, 1.807) is 13.0 Å². The van der Waals surface area contributed by atoms with Crippen LogP contribution in [-0.2, 0) is 19.6 Å². The third kappa shape index (κ3) is 5.95. The second kappa shape index (κ2) is 10.4. The number of nitrogens with zero attached hydrogens (tertiary/aromatic N) is 1. The maximum absolute atomic E-state index is 12.8. The SMILES string of the molecule is Cc1ccc(S(=O)(=O)N2CCCC2)cc1C(=O)O[C@H](C)C(=O)NCCC1=CCCCC1. The van der Waals surface area contributed by atoms with Crippen molar-refractivity contribution in [3.63, 3.8) is 0 Å². The number of allylic oxidation sites excluding steroid dienone is 1. The summed E-state index contributed by atoms with van der Waals surface area (Å²) >= 11 is 0. The molecule has 0 spiro atoms. The number of hydrogen-bond donors (Lipinski definition) is 1. The van der Waals surface area contributed by atoms with Crippen molar-refractivity contribution < 1.29 is 22.7 Å². The summed E-state index contributed by atoms with van der Waals surface area (Å²) in [5.41, 5.74) is 2.12. The summed E-state index contributed by atoms with van der Waals surface area (Å²) in [7, 11) is -3.64. The van der Waals surface area contributed by atoms with Gasteiger partial charge in [0.15, 0.2) is 6.10 Å². The molecule has 0 radical (unpaired) electrons. The van der Waals surface area contributed by atoms with Gasteiger partial charge in [0.05, 0.1) is 10.5 Å². The summed E-state index contributed by atoms with van der Waals surface area (Å²) in [5, 5.41) is 2.81. The van der Waals surface area contributed by atoms with Crippen molar-refractivity contribution >= 4 is 21.9 Å². The van der Waals surface area contributed by atoms with E-state index in [2.05, 4.69) is 11.4 Å².